The van der Waals surface area contributed by atoms with Gasteiger partial charge in [0.05, 0.1) is 37.5 Å². The van der Waals surface area contributed by atoms with Crippen molar-refractivity contribution >= 4 is 0 Å². The van der Waals surface area contributed by atoms with Crippen LogP contribution < -0.4 is 11.5 Å². The molecule has 224 valence electrons. The number of aliphatic hydroxyl groups excluding tert-OH is 8. The van der Waals surface area contributed by atoms with E-state index >= 15 is 0 Å². The largest absolute Gasteiger partial charge is 0.394 e. The Bertz CT molecular complexity index is 741. The third-order valence-electron chi connectivity index (χ3n) is 6.68. The highest BCUT2D eigenvalue weighted by atomic mass is 16.7. The Morgan fingerprint density at radius 3 is 1.74 bits per heavy atom. The number of aliphatic hydroxyl groups is 8. The van der Waals surface area contributed by atoms with Gasteiger partial charge < -0.3 is 80.7 Å². The standard InChI is InChI=1S/C22H42N2O14/c1-22(2,3)38-20-10(23)14(29)13(28)9(36-20)6-33-19-11(24)15(30)18(8(5-26)35-19)37-21-17(32)16(31)12(27)7(4-25)34-21/h7-21,25-32H,4-6,23-24H2,1-3H3/t7?,8?,9?,10?,11?,12?,13?,14-,15-,16+,17?,18?,19-,20+,21+/m1/s1. The Kier molecular flexibility index (Phi) is 10.8. The van der Waals surface area contributed by atoms with Crippen molar-refractivity contribution in [3.8, 4) is 0 Å². The Hall–Kier alpha value is -0.640. The maximum Gasteiger partial charge on any atom is 0.187 e. The molecule has 38 heavy (non-hydrogen) atoms. The van der Waals surface area contributed by atoms with Crippen molar-refractivity contribution < 1.29 is 69.3 Å². The van der Waals surface area contributed by atoms with Crippen molar-refractivity contribution in [2.45, 2.75) is 118 Å². The summed E-state index contributed by atoms with van der Waals surface area (Å²) < 4.78 is 33.6. The second kappa shape index (κ2) is 12.9. The average Bonchev–Trinajstić information content (AvgIpc) is 2.86. The van der Waals surface area contributed by atoms with Gasteiger partial charge in [-0.3, -0.25) is 0 Å². The topological polar surface area (TPSA) is 269 Å². The molecule has 0 bridgehead atoms. The summed E-state index contributed by atoms with van der Waals surface area (Å²) in [6.07, 6.45) is -18.5. The molecule has 3 rings (SSSR count). The number of hydrogen-bond donors (Lipinski definition) is 10. The van der Waals surface area contributed by atoms with Crippen LogP contribution in [0.5, 0.6) is 0 Å². The molecule has 0 spiro atoms. The van der Waals surface area contributed by atoms with E-state index in [-0.39, 0.29) is 6.61 Å². The lowest BCUT2D eigenvalue weighted by molar-refractivity contribution is -0.351. The van der Waals surface area contributed by atoms with Crippen LogP contribution in [0.4, 0.5) is 0 Å². The molecule has 0 aliphatic carbocycles. The third kappa shape index (κ3) is 6.98. The van der Waals surface area contributed by atoms with Crippen molar-refractivity contribution in [1.82, 2.24) is 0 Å². The van der Waals surface area contributed by atoms with Gasteiger partial charge in [0.2, 0.25) is 0 Å². The summed E-state index contributed by atoms with van der Waals surface area (Å²) >= 11 is 0. The number of ether oxygens (including phenoxy) is 6. The first-order valence-corrected chi connectivity index (χ1v) is 12.4. The molecule has 15 atom stereocenters. The second-order valence-corrected chi connectivity index (χ2v) is 10.8. The highest BCUT2D eigenvalue weighted by Crippen LogP contribution is 2.30. The van der Waals surface area contributed by atoms with Gasteiger partial charge in [-0.15, -0.1) is 0 Å². The number of nitrogens with two attached hydrogens (primary N) is 2. The summed E-state index contributed by atoms with van der Waals surface area (Å²) in [5.41, 5.74) is 11.4. The predicted octanol–water partition coefficient (Wildman–Crippen LogP) is -5.82. The van der Waals surface area contributed by atoms with Gasteiger partial charge in [-0.25, -0.2) is 0 Å². The Balaban J connectivity index is 1.64. The summed E-state index contributed by atoms with van der Waals surface area (Å²) in [6.45, 7) is 3.54. The van der Waals surface area contributed by atoms with Crippen LogP contribution in [0.25, 0.3) is 0 Å². The molecule has 16 nitrogen and oxygen atoms in total. The highest BCUT2D eigenvalue weighted by Gasteiger charge is 2.51. The zero-order valence-corrected chi connectivity index (χ0v) is 21.5. The first-order valence-electron chi connectivity index (χ1n) is 12.4. The zero-order valence-electron chi connectivity index (χ0n) is 21.5. The van der Waals surface area contributed by atoms with E-state index in [0.29, 0.717) is 0 Å². The molecular weight excluding hydrogens is 516 g/mol. The van der Waals surface area contributed by atoms with Crippen LogP contribution >= 0.6 is 0 Å². The van der Waals surface area contributed by atoms with Gasteiger partial charge in [0.15, 0.2) is 18.9 Å². The molecule has 3 aliphatic heterocycles. The fourth-order valence-electron chi connectivity index (χ4n) is 4.47. The van der Waals surface area contributed by atoms with Gasteiger partial charge in [-0.1, -0.05) is 0 Å². The molecule has 0 aromatic heterocycles. The van der Waals surface area contributed by atoms with Gasteiger partial charge in [0, 0.05) is 0 Å². The summed E-state index contributed by atoms with van der Waals surface area (Å²) in [4.78, 5) is 0. The van der Waals surface area contributed by atoms with Crippen LogP contribution in [0.3, 0.4) is 0 Å². The summed E-state index contributed by atoms with van der Waals surface area (Å²) in [7, 11) is 0. The van der Waals surface area contributed by atoms with Crippen LogP contribution in [0.1, 0.15) is 20.8 Å². The van der Waals surface area contributed by atoms with Gasteiger partial charge in [-0.05, 0) is 20.8 Å². The highest BCUT2D eigenvalue weighted by molar-refractivity contribution is 4.96. The van der Waals surface area contributed by atoms with E-state index in [1.54, 1.807) is 20.8 Å². The van der Waals surface area contributed by atoms with E-state index in [1.807, 2.05) is 0 Å². The lowest BCUT2D eigenvalue weighted by Gasteiger charge is -2.47. The molecule has 3 aliphatic rings. The van der Waals surface area contributed by atoms with Crippen molar-refractivity contribution in [3.63, 3.8) is 0 Å². The number of rotatable bonds is 8. The zero-order chi connectivity index (χ0) is 28.5. The van der Waals surface area contributed by atoms with Crippen LogP contribution in [-0.4, -0.2) is 158 Å². The molecule has 9 unspecified atom stereocenters. The monoisotopic (exact) mass is 558 g/mol. The maximum atomic E-state index is 10.8. The molecule has 0 aromatic rings. The minimum atomic E-state index is -1.75. The Morgan fingerprint density at radius 2 is 1.16 bits per heavy atom. The summed E-state index contributed by atoms with van der Waals surface area (Å²) in [5, 5.41) is 81.0. The molecule has 3 heterocycles. The minimum Gasteiger partial charge on any atom is -0.394 e. The number of hydrogen-bond acceptors (Lipinski definition) is 16. The maximum absolute atomic E-state index is 10.8. The van der Waals surface area contributed by atoms with Crippen molar-refractivity contribution in [2.24, 2.45) is 11.5 Å². The van der Waals surface area contributed by atoms with E-state index in [4.69, 9.17) is 39.9 Å². The van der Waals surface area contributed by atoms with E-state index in [9.17, 15) is 40.9 Å². The SMILES string of the molecule is CC(C)(C)O[C@@H]1OC(CO[C@@H]2OC(CO)C(O[C@@H]3OC(CO)C(O)[C@H](O)C3O)[C@H](O)C2N)C(O)[C@H](O)C1N. The Labute approximate surface area is 219 Å². The molecule has 12 N–H and O–H groups in total. The third-order valence-corrected chi connectivity index (χ3v) is 6.68. The minimum absolute atomic E-state index is 0.365. The average molecular weight is 559 g/mol. The van der Waals surface area contributed by atoms with E-state index in [0.717, 1.165) is 0 Å². The summed E-state index contributed by atoms with van der Waals surface area (Å²) in [5.74, 6) is 0. The summed E-state index contributed by atoms with van der Waals surface area (Å²) in [6, 6.07) is -2.31. The van der Waals surface area contributed by atoms with Gasteiger partial charge in [0.1, 0.15) is 61.0 Å². The predicted molar refractivity (Wildman–Crippen MR) is 124 cm³/mol. The molecule has 16 heteroatoms. The normalized spacial score (nSPS) is 48.7. The van der Waals surface area contributed by atoms with Crippen LogP contribution in [-0.2, 0) is 28.4 Å². The smallest absolute Gasteiger partial charge is 0.187 e. The van der Waals surface area contributed by atoms with E-state index in [2.05, 4.69) is 0 Å². The molecule has 0 saturated carbocycles. The molecular formula is C22H42N2O14. The van der Waals surface area contributed by atoms with Gasteiger partial charge in [0.25, 0.3) is 0 Å². The van der Waals surface area contributed by atoms with E-state index < -0.39 is 111 Å². The lowest BCUT2D eigenvalue weighted by Crippen LogP contribution is -2.67. The van der Waals surface area contributed by atoms with Crippen molar-refractivity contribution in [2.75, 3.05) is 19.8 Å². The first-order chi connectivity index (χ1) is 17.7. The van der Waals surface area contributed by atoms with Crippen LogP contribution in [0.15, 0.2) is 0 Å². The quantitative estimate of drug-likeness (QED) is 0.133. The fraction of sp³-hybridized carbons (Fsp3) is 1.00. The van der Waals surface area contributed by atoms with Crippen molar-refractivity contribution in [1.29, 1.82) is 0 Å². The van der Waals surface area contributed by atoms with Crippen molar-refractivity contribution in [3.05, 3.63) is 0 Å². The molecule has 3 fully saturated rings. The molecule has 0 amide bonds. The van der Waals surface area contributed by atoms with E-state index in [1.165, 1.54) is 0 Å². The lowest BCUT2D eigenvalue weighted by atomic mass is 9.95. The first kappa shape index (κ1) is 31.9. The fourth-order valence-corrected chi connectivity index (χ4v) is 4.47. The van der Waals surface area contributed by atoms with Crippen LogP contribution in [0.2, 0.25) is 0 Å². The second-order valence-electron chi connectivity index (χ2n) is 10.8. The molecule has 3 saturated heterocycles. The van der Waals surface area contributed by atoms with Gasteiger partial charge in [-0.2, -0.15) is 0 Å². The molecule has 0 aromatic carbocycles. The molecule has 0 radical (unpaired) electrons. The Morgan fingerprint density at radius 1 is 0.632 bits per heavy atom. The van der Waals surface area contributed by atoms with Gasteiger partial charge >= 0.3 is 0 Å². The van der Waals surface area contributed by atoms with Crippen LogP contribution in [0, 0.1) is 0 Å².